The fraction of sp³-hybridized carbons (Fsp3) is 0.682. The van der Waals surface area contributed by atoms with Gasteiger partial charge in [-0.25, -0.2) is 0 Å². The van der Waals surface area contributed by atoms with Crippen molar-refractivity contribution in [3.8, 4) is 11.5 Å². The number of guanidine groups is 1. The molecule has 0 aromatic heterocycles. The molecule has 158 valence electrons. The molecule has 1 aromatic carbocycles. The van der Waals surface area contributed by atoms with Gasteiger partial charge in [0.25, 0.3) is 0 Å². The second kappa shape index (κ2) is 11.1. The highest BCUT2D eigenvalue weighted by Crippen LogP contribution is 2.27. The zero-order chi connectivity index (χ0) is 20.5. The number of methoxy groups -OCH3 is 2. The molecule has 3 N–H and O–H groups in total. The lowest BCUT2D eigenvalue weighted by Gasteiger charge is -2.38. The van der Waals surface area contributed by atoms with Gasteiger partial charge in [0.05, 0.1) is 20.8 Å². The molecule has 1 aliphatic heterocycles. The smallest absolute Gasteiger partial charge is 0.188 e. The van der Waals surface area contributed by atoms with Gasteiger partial charge in [0.15, 0.2) is 17.5 Å². The van der Waals surface area contributed by atoms with Gasteiger partial charge in [-0.15, -0.1) is 0 Å². The Bertz CT molecular complexity index is 625. The van der Waals surface area contributed by atoms with E-state index >= 15 is 0 Å². The maximum Gasteiger partial charge on any atom is 0.188 e. The van der Waals surface area contributed by atoms with Crippen molar-refractivity contribution < 1.29 is 9.47 Å². The summed E-state index contributed by atoms with van der Waals surface area (Å²) < 4.78 is 10.6. The van der Waals surface area contributed by atoms with Crippen LogP contribution in [-0.4, -0.2) is 57.3 Å². The molecule has 2 rings (SSSR count). The van der Waals surface area contributed by atoms with E-state index in [0.29, 0.717) is 17.9 Å². The Hall–Kier alpha value is -1.95. The van der Waals surface area contributed by atoms with Crippen molar-refractivity contribution in [1.29, 1.82) is 0 Å². The van der Waals surface area contributed by atoms with Gasteiger partial charge in [-0.2, -0.15) is 0 Å². The summed E-state index contributed by atoms with van der Waals surface area (Å²) in [4.78, 5) is 7.22. The summed E-state index contributed by atoms with van der Waals surface area (Å²) in [5.74, 6) is 3.42. The Morgan fingerprint density at radius 2 is 1.89 bits per heavy atom. The molecule has 6 nitrogen and oxygen atoms in total. The third kappa shape index (κ3) is 6.59. The standard InChI is InChI=1S/C22H38N4O2/c1-16(2)19(26-12-9-17(3)10-13-26)15-25-22(23)24-11-8-18-6-7-20(27-4)21(14-18)28-5/h6-7,14,16-17,19H,8-13,15H2,1-5H3,(H3,23,24,25). The summed E-state index contributed by atoms with van der Waals surface area (Å²) in [6, 6.07) is 6.43. The number of hydrogen-bond acceptors (Lipinski definition) is 4. The lowest BCUT2D eigenvalue weighted by Crippen LogP contribution is -2.46. The van der Waals surface area contributed by atoms with Crippen LogP contribution in [-0.2, 0) is 6.42 Å². The maximum absolute atomic E-state index is 6.12. The van der Waals surface area contributed by atoms with Gasteiger partial charge in [0, 0.05) is 12.6 Å². The number of ether oxygens (including phenoxy) is 2. The molecule has 1 unspecified atom stereocenters. The largest absolute Gasteiger partial charge is 0.493 e. The summed E-state index contributed by atoms with van der Waals surface area (Å²) in [5.41, 5.74) is 7.28. The molecule has 0 radical (unpaired) electrons. The van der Waals surface area contributed by atoms with Gasteiger partial charge in [-0.1, -0.05) is 26.8 Å². The molecule has 1 atom stereocenters. The second-order valence-electron chi connectivity index (χ2n) is 8.12. The van der Waals surface area contributed by atoms with Crippen molar-refractivity contribution in [3.63, 3.8) is 0 Å². The van der Waals surface area contributed by atoms with Crippen molar-refractivity contribution in [3.05, 3.63) is 23.8 Å². The SMILES string of the molecule is COc1ccc(CCNC(N)=NCC(C(C)C)N2CCC(C)CC2)cc1OC. The highest BCUT2D eigenvalue weighted by Gasteiger charge is 2.25. The van der Waals surface area contributed by atoms with Crippen molar-refractivity contribution in [2.75, 3.05) is 40.4 Å². The average molecular weight is 391 g/mol. The fourth-order valence-corrected chi connectivity index (χ4v) is 3.73. The lowest BCUT2D eigenvalue weighted by molar-refractivity contribution is 0.113. The van der Waals surface area contributed by atoms with E-state index in [4.69, 9.17) is 15.2 Å². The number of aliphatic imine (C=N–C) groups is 1. The first kappa shape index (κ1) is 22.3. The number of likely N-dealkylation sites (tertiary alicyclic amines) is 1. The van der Waals surface area contributed by atoms with Crippen molar-refractivity contribution in [1.82, 2.24) is 10.2 Å². The predicted molar refractivity (Wildman–Crippen MR) is 116 cm³/mol. The zero-order valence-electron chi connectivity index (χ0n) is 18.2. The van der Waals surface area contributed by atoms with E-state index in [1.807, 2.05) is 18.2 Å². The van der Waals surface area contributed by atoms with E-state index in [1.54, 1.807) is 14.2 Å². The summed E-state index contributed by atoms with van der Waals surface area (Å²) in [5, 5.41) is 3.24. The Labute approximate surface area is 170 Å². The monoisotopic (exact) mass is 390 g/mol. The second-order valence-corrected chi connectivity index (χ2v) is 8.12. The van der Waals surface area contributed by atoms with Crippen LogP contribution in [0.15, 0.2) is 23.2 Å². The average Bonchev–Trinajstić information content (AvgIpc) is 2.69. The number of nitrogens with zero attached hydrogens (tertiary/aromatic N) is 2. The summed E-state index contributed by atoms with van der Waals surface area (Å²) in [7, 11) is 3.30. The number of rotatable bonds is 9. The van der Waals surface area contributed by atoms with Crippen LogP contribution in [0.4, 0.5) is 0 Å². The third-order valence-corrected chi connectivity index (χ3v) is 5.67. The number of nitrogens with two attached hydrogens (primary N) is 1. The van der Waals surface area contributed by atoms with E-state index < -0.39 is 0 Å². The number of hydrogen-bond donors (Lipinski definition) is 2. The summed E-state index contributed by atoms with van der Waals surface area (Å²) >= 11 is 0. The third-order valence-electron chi connectivity index (χ3n) is 5.67. The number of piperidine rings is 1. The molecule has 1 saturated heterocycles. The first-order chi connectivity index (χ1) is 13.4. The Morgan fingerprint density at radius 1 is 1.21 bits per heavy atom. The van der Waals surface area contributed by atoms with Crippen LogP contribution in [0.5, 0.6) is 11.5 Å². The summed E-state index contributed by atoms with van der Waals surface area (Å²) in [6.45, 7) is 10.7. The molecule has 0 saturated carbocycles. The highest BCUT2D eigenvalue weighted by molar-refractivity contribution is 5.77. The molecular weight excluding hydrogens is 352 g/mol. The van der Waals surface area contributed by atoms with Crippen molar-refractivity contribution in [2.24, 2.45) is 22.6 Å². The van der Waals surface area contributed by atoms with E-state index in [2.05, 4.69) is 36.0 Å². The van der Waals surface area contributed by atoms with Crippen LogP contribution in [0.3, 0.4) is 0 Å². The topological polar surface area (TPSA) is 72.1 Å². The minimum Gasteiger partial charge on any atom is -0.493 e. The van der Waals surface area contributed by atoms with Crippen LogP contribution in [0.1, 0.15) is 39.2 Å². The van der Waals surface area contributed by atoms with E-state index in [0.717, 1.165) is 36.9 Å². The van der Waals surface area contributed by atoms with E-state index in [1.165, 1.54) is 31.5 Å². The number of nitrogens with one attached hydrogen (secondary N) is 1. The van der Waals surface area contributed by atoms with Gasteiger partial charge < -0.3 is 20.5 Å². The normalized spacial score (nSPS) is 17.6. The van der Waals surface area contributed by atoms with Gasteiger partial charge in [-0.3, -0.25) is 9.89 Å². The first-order valence-electron chi connectivity index (χ1n) is 10.4. The molecule has 28 heavy (non-hydrogen) atoms. The minimum atomic E-state index is 0.457. The van der Waals surface area contributed by atoms with Crippen LogP contribution in [0.2, 0.25) is 0 Å². The summed E-state index contributed by atoms with van der Waals surface area (Å²) in [6.07, 6.45) is 3.41. The van der Waals surface area contributed by atoms with Gasteiger partial charge in [0.1, 0.15) is 0 Å². The molecule has 0 aliphatic carbocycles. The van der Waals surface area contributed by atoms with Crippen molar-refractivity contribution in [2.45, 2.75) is 46.1 Å². The van der Waals surface area contributed by atoms with E-state index in [-0.39, 0.29) is 0 Å². The Balaban J connectivity index is 1.82. The fourth-order valence-electron chi connectivity index (χ4n) is 3.73. The number of benzene rings is 1. The molecule has 6 heteroatoms. The molecular formula is C22H38N4O2. The molecule has 1 fully saturated rings. The molecule has 0 spiro atoms. The quantitative estimate of drug-likeness (QED) is 0.501. The zero-order valence-corrected chi connectivity index (χ0v) is 18.2. The van der Waals surface area contributed by atoms with Gasteiger partial charge in [0.2, 0.25) is 0 Å². The first-order valence-corrected chi connectivity index (χ1v) is 10.4. The highest BCUT2D eigenvalue weighted by atomic mass is 16.5. The molecule has 0 bridgehead atoms. The van der Waals surface area contributed by atoms with Gasteiger partial charge >= 0.3 is 0 Å². The van der Waals surface area contributed by atoms with Crippen LogP contribution < -0.4 is 20.5 Å². The van der Waals surface area contributed by atoms with E-state index in [9.17, 15) is 0 Å². The minimum absolute atomic E-state index is 0.457. The molecule has 1 aromatic rings. The van der Waals surface area contributed by atoms with Crippen LogP contribution in [0.25, 0.3) is 0 Å². The van der Waals surface area contributed by atoms with Crippen molar-refractivity contribution >= 4 is 5.96 Å². The predicted octanol–water partition coefficient (Wildman–Crippen LogP) is 2.91. The lowest BCUT2D eigenvalue weighted by atomic mass is 9.94. The van der Waals surface area contributed by atoms with Gasteiger partial charge in [-0.05, 0) is 61.9 Å². The Morgan fingerprint density at radius 3 is 2.50 bits per heavy atom. The Kier molecular flexibility index (Phi) is 8.90. The van der Waals surface area contributed by atoms with Crippen LogP contribution >= 0.6 is 0 Å². The van der Waals surface area contributed by atoms with Crippen LogP contribution in [0, 0.1) is 11.8 Å². The maximum atomic E-state index is 6.12. The molecule has 0 amide bonds. The molecule has 1 heterocycles. The molecule has 1 aliphatic rings.